The number of amides is 1. The highest BCUT2D eigenvalue weighted by Gasteiger charge is 2.06. The summed E-state index contributed by atoms with van der Waals surface area (Å²) in [6, 6.07) is 9.40. The standard InChI is InChI=1S/C17H13Br2NO4/c18-13-7-11(8-14(19)16(13)23)5-6-20-17(24)15(22)9-10-1-3-12(21)4-2-10/h1-9,21-23H,(H,20,24)/b6-5+,15-9-. The number of benzene rings is 2. The number of hydrogen-bond acceptors (Lipinski definition) is 4. The lowest BCUT2D eigenvalue weighted by atomic mass is 10.2. The van der Waals surface area contributed by atoms with Gasteiger partial charge in [-0.05, 0) is 79.4 Å². The van der Waals surface area contributed by atoms with Gasteiger partial charge >= 0.3 is 0 Å². The molecule has 0 saturated heterocycles. The summed E-state index contributed by atoms with van der Waals surface area (Å²) in [4.78, 5) is 11.8. The summed E-state index contributed by atoms with van der Waals surface area (Å²) in [7, 11) is 0. The van der Waals surface area contributed by atoms with Crippen molar-refractivity contribution in [3.05, 3.63) is 68.4 Å². The van der Waals surface area contributed by atoms with Gasteiger partial charge < -0.3 is 20.6 Å². The third kappa shape index (κ3) is 4.87. The Bertz CT molecular complexity index is 791. The van der Waals surface area contributed by atoms with Gasteiger partial charge in [0.2, 0.25) is 0 Å². The Hall–Kier alpha value is -2.25. The summed E-state index contributed by atoms with van der Waals surface area (Å²) in [5.41, 5.74) is 1.31. The van der Waals surface area contributed by atoms with E-state index in [2.05, 4.69) is 37.2 Å². The Kier molecular flexibility index (Phi) is 6.05. The van der Waals surface area contributed by atoms with Crippen molar-refractivity contribution in [3.8, 4) is 11.5 Å². The van der Waals surface area contributed by atoms with E-state index >= 15 is 0 Å². The maximum atomic E-state index is 11.8. The number of rotatable bonds is 4. The Morgan fingerprint density at radius 2 is 1.58 bits per heavy atom. The highest BCUT2D eigenvalue weighted by Crippen LogP contribution is 2.33. The first-order chi connectivity index (χ1) is 11.4. The van der Waals surface area contributed by atoms with E-state index in [4.69, 9.17) is 0 Å². The number of carbonyl (C=O) groups excluding carboxylic acids is 1. The van der Waals surface area contributed by atoms with Gasteiger partial charge in [0, 0.05) is 6.20 Å². The van der Waals surface area contributed by atoms with Crippen LogP contribution in [-0.2, 0) is 4.79 Å². The molecule has 0 aliphatic heterocycles. The molecular weight excluding hydrogens is 442 g/mol. The molecule has 0 atom stereocenters. The molecule has 2 aromatic carbocycles. The minimum absolute atomic E-state index is 0.0886. The molecule has 0 aromatic heterocycles. The summed E-state index contributed by atoms with van der Waals surface area (Å²) in [5, 5.41) is 31.0. The van der Waals surface area contributed by atoms with Crippen LogP contribution in [0.2, 0.25) is 0 Å². The van der Waals surface area contributed by atoms with Crippen molar-refractivity contribution in [1.82, 2.24) is 5.32 Å². The molecule has 5 nitrogen and oxygen atoms in total. The molecule has 0 saturated carbocycles. The van der Waals surface area contributed by atoms with Crippen LogP contribution in [0.3, 0.4) is 0 Å². The highest BCUT2D eigenvalue weighted by molar-refractivity contribution is 9.11. The van der Waals surface area contributed by atoms with Crippen LogP contribution in [0.1, 0.15) is 11.1 Å². The first-order valence-corrected chi connectivity index (χ1v) is 8.30. The number of halogens is 2. The zero-order valence-corrected chi connectivity index (χ0v) is 15.4. The lowest BCUT2D eigenvalue weighted by Crippen LogP contribution is -2.18. The number of nitrogens with one attached hydrogen (secondary N) is 1. The predicted octanol–water partition coefficient (Wildman–Crippen LogP) is 4.31. The SMILES string of the molecule is O=C(N/C=C/c1cc(Br)c(O)c(Br)c1)/C(O)=C/c1ccc(O)cc1. The largest absolute Gasteiger partial charge is 0.508 e. The third-order valence-electron chi connectivity index (χ3n) is 2.96. The van der Waals surface area contributed by atoms with Crippen molar-refractivity contribution < 1.29 is 20.1 Å². The predicted molar refractivity (Wildman–Crippen MR) is 99.4 cm³/mol. The van der Waals surface area contributed by atoms with Gasteiger partial charge in [0.1, 0.15) is 11.5 Å². The molecule has 24 heavy (non-hydrogen) atoms. The van der Waals surface area contributed by atoms with Crippen molar-refractivity contribution in [3.63, 3.8) is 0 Å². The maximum absolute atomic E-state index is 11.8. The molecule has 0 aliphatic carbocycles. The fourth-order valence-electron chi connectivity index (χ4n) is 1.76. The molecule has 0 aliphatic rings. The Labute approximate surface area is 155 Å². The van der Waals surface area contributed by atoms with Crippen LogP contribution < -0.4 is 5.32 Å². The fourth-order valence-corrected chi connectivity index (χ4v) is 2.98. The van der Waals surface area contributed by atoms with E-state index in [1.54, 1.807) is 30.3 Å². The second kappa shape index (κ2) is 8.03. The van der Waals surface area contributed by atoms with E-state index in [-0.39, 0.29) is 11.5 Å². The number of aliphatic hydroxyl groups excluding tert-OH is 1. The van der Waals surface area contributed by atoms with Gasteiger partial charge in [-0.2, -0.15) is 0 Å². The highest BCUT2D eigenvalue weighted by atomic mass is 79.9. The lowest BCUT2D eigenvalue weighted by molar-refractivity contribution is -0.118. The normalized spacial score (nSPS) is 11.7. The van der Waals surface area contributed by atoms with Gasteiger partial charge in [-0.3, -0.25) is 4.79 Å². The third-order valence-corrected chi connectivity index (χ3v) is 4.17. The number of carbonyl (C=O) groups is 1. The Morgan fingerprint density at radius 3 is 2.17 bits per heavy atom. The van der Waals surface area contributed by atoms with Crippen molar-refractivity contribution in [2.45, 2.75) is 0 Å². The molecule has 0 fully saturated rings. The van der Waals surface area contributed by atoms with Crippen molar-refractivity contribution >= 4 is 49.9 Å². The molecule has 0 spiro atoms. The molecule has 1 amide bonds. The van der Waals surface area contributed by atoms with Crippen LogP contribution in [0, 0.1) is 0 Å². The number of phenolic OH excluding ortho intramolecular Hbond substituents is 2. The molecule has 4 N–H and O–H groups in total. The number of phenols is 2. The summed E-state index contributed by atoms with van der Waals surface area (Å²) in [6.45, 7) is 0. The minimum atomic E-state index is -0.670. The second-order valence-corrected chi connectivity index (χ2v) is 6.47. The lowest BCUT2D eigenvalue weighted by Gasteiger charge is -2.03. The van der Waals surface area contributed by atoms with E-state index < -0.39 is 11.7 Å². The van der Waals surface area contributed by atoms with Crippen molar-refractivity contribution in [1.29, 1.82) is 0 Å². The van der Waals surface area contributed by atoms with E-state index in [0.29, 0.717) is 14.5 Å². The monoisotopic (exact) mass is 453 g/mol. The van der Waals surface area contributed by atoms with E-state index in [9.17, 15) is 20.1 Å². The summed E-state index contributed by atoms with van der Waals surface area (Å²) < 4.78 is 1.02. The Balaban J connectivity index is 2.03. The van der Waals surface area contributed by atoms with Crippen molar-refractivity contribution in [2.24, 2.45) is 0 Å². The zero-order valence-electron chi connectivity index (χ0n) is 12.2. The van der Waals surface area contributed by atoms with Crippen LogP contribution >= 0.6 is 31.9 Å². The van der Waals surface area contributed by atoms with Crippen LogP contribution in [0.4, 0.5) is 0 Å². The van der Waals surface area contributed by atoms with Gasteiger partial charge in [-0.15, -0.1) is 0 Å². The first-order valence-electron chi connectivity index (χ1n) is 6.72. The molecule has 0 heterocycles. The smallest absolute Gasteiger partial charge is 0.290 e. The van der Waals surface area contributed by atoms with Gasteiger partial charge in [0.25, 0.3) is 5.91 Å². The van der Waals surface area contributed by atoms with Crippen LogP contribution in [0.25, 0.3) is 12.2 Å². The van der Waals surface area contributed by atoms with Gasteiger partial charge in [0.15, 0.2) is 5.76 Å². The quantitative estimate of drug-likeness (QED) is 0.409. The van der Waals surface area contributed by atoms with Gasteiger partial charge in [-0.25, -0.2) is 0 Å². The number of hydrogen-bond donors (Lipinski definition) is 4. The molecule has 2 aromatic rings. The zero-order chi connectivity index (χ0) is 17.7. The van der Waals surface area contributed by atoms with Gasteiger partial charge in [-0.1, -0.05) is 12.1 Å². The molecule has 2 rings (SSSR count). The van der Waals surface area contributed by atoms with Crippen molar-refractivity contribution in [2.75, 3.05) is 0 Å². The number of aliphatic hydroxyl groups is 1. The topological polar surface area (TPSA) is 89.8 Å². The molecule has 7 heteroatoms. The van der Waals surface area contributed by atoms with E-state index in [0.717, 1.165) is 5.56 Å². The average molecular weight is 455 g/mol. The molecule has 0 bridgehead atoms. The number of aromatic hydroxyl groups is 2. The molecular formula is C17H13Br2NO4. The molecule has 0 radical (unpaired) electrons. The summed E-state index contributed by atoms with van der Waals surface area (Å²) in [6.07, 6.45) is 4.28. The van der Waals surface area contributed by atoms with Gasteiger partial charge in [0.05, 0.1) is 8.95 Å². The summed E-state index contributed by atoms with van der Waals surface area (Å²) in [5.74, 6) is -0.939. The average Bonchev–Trinajstić information content (AvgIpc) is 2.54. The molecule has 124 valence electrons. The fraction of sp³-hybridized carbons (Fsp3) is 0. The van der Waals surface area contributed by atoms with E-state index in [1.807, 2.05) is 0 Å². The first kappa shape index (κ1) is 18.1. The molecule has 0 unspecified atom stereocenters. The van der Waals surface area contributed by atoms with Crippen LogP contribution in [0.15, 0.2) is 57.3 Å². The van der Waals surface area contributed by atoms with Crippen LogP contribution in [-0.4, -0.2) is 21.2 Å². The Morgan fingerprint density at radius 1 is 1.00 bits per heavy atom. The van der Waals surface area contributed by atoms with Crippen LogP contribution in [0.5, 0.6) is 11.5 Å². The van der Waals surface area contributed by atoms with E-state index in [1.165, 1.54) is 24.4 Å². The maximum Gasteiger partial charge on any atom is 0.290 e. The summed E-state index contributed by atoms with van der Waals surface area (Å²) >= 11 is 6.43. The minimum Gasteiger partial charge on any atom is -0.508 e. The second-order valence-electron chi connectivity index (χ2n) is 4.76.